The molecule has 32 heavy (non-hydrogen) atoms. The SMILES string of the molecule is c1cc(-c2ccc(-c3nnc(-[n+]4cc[nH]c4)c4ccccc34)s2)nc(N2CCOCC2)c1. The van der Waals surface area contributed by atoms with E-state index >= 15 is 0 Å². The van der Waals surface area contributed by atoms with E-state index in [1.807, 2.05) is 35.4 Å². The Morgan fingerprint density at radius 2 is 1.75 bits per heavy atom. The number of H-pyrrole nitrogens is 1. The molecule has 7 nitrogen and oxygen atoms in total. The van der Waals surface area contributed by atoms with Crippen molar-refractivity contribution in [2.45, 2.75) is 0 Å². The summed E-state index contributed by atoms with van der Waals surface area (Å²) in [5, 5.41) is 11.3. The van der Waals surface area contributed by atoms with Crippen molar-refractivity contribution in [2.75, 3.05) is 31.2 Å². The number of aromatic amines is 1. The van der Waals surface area contributed by atoms with Crippen molar-refractivity contribution in [2.24, 2.45) is 0 Å². The minimum Gasteiger partial charge on any atom is -0.378 e. The van der Waals surface area contributed by atoms with Gasteiger partial charge in [-0.25, -0.2) is 9.55 Å². The van der Waals surface area contributed by atoms with Crippen LogP contribution in [0.2, 0.25) is 0 Å². The molecule has 1 N–H and O–H groups in total. The lowest BCUT2D eigenvalue weighted by Gasteiger charge is -2.27. The predicted octanol–water partition coefficient (Wildman–Crippen LogP) is 3.86. The summed E-state index contributed by atoms with van der Waals surface area (Å²) in [6.45, 7) is 3.24. The van der Waals surface area contributed by atoms with E-state index in [0.29, 0.717) is 0 Å². The van der Waals surface area contributed by atoms with Crippen molar-refractivity contribution >= 4 is 27.9 Å². The van der Waals surface area contributed by atoms with Crippen LogP contribution in [0.5, 0.6) is 0 Å². The minimum atomic E-state index is 0.748. The highest BCUT2D eigenvalue weighted by Gasteiger charge is 2.19. The molecule has 0 amide bonds. The summed E-state index contributed by atoms with van der Waals surface area (Å²) in [5.41, 5.74) is 1.86. The molecule has 1 saturated heterocycles. The van der Waals surface area contributed by atoms with E-state index in [2.05, 4.69) is 62.5 Å². The standard InChI is InChI=1S/C24H20N6OS/c1-2-5-18-17(4-1)23(27-28-24(18)30-11-10-25-16-30)21-9-8-20(32-21)19-6-3-7-22(26-19)29-12-14-31-15-13-29/h1-11,16H,12-15H2/p+1. The molecule has 0 unspecified atom stereocenters. The summed E-state index contributed by atoms with van der Waals surface area (Å²) in [7, 11) is 0. The zero-order chi connectivity index (χ0) is 21.3. The Bertz CT molecular complexity index is 1370. The van der Waals surface area contributed by atoms with E-state index in [1.165, 1.54) is 0 Å². The van der Waals surface area contributed by atoms with Crippen LogP contribution in [0, 0.1) is 0 Å². The molecule has 6 rings (SSSR count). The molecule has 1 fully saturated rings. The van der Waals surface area contributed by atoms with E-state index in [0.717, 1.165) is 69.9 Å². The first kappa shape index (κ1) is 19.1. The number of nitrogens with zero attached hydrogens (tertiary/aromatic N) is 5. The van der Waals surface area contributed by atoms with Gasteiger partial charge in [0, 0.05) is 23.6 Å². The summed E-state index contributed by atoms with van der Waals surface area (Å²) in [6, 6.07) is 18.7. The Kier molecular flexibility index (Phi) is 4.86. The number of hydrogen-bond donors (Lipinski definition) is 1. The van der Waals surface area contributed by atoms with Gasteiger partial charge in [0.2, 0.25) is 0 Å². The lowest BCUT2D eigenvalue weighted by atomic mass is 10.1. The van der Waals surface area contributed by atoms with Crippen molar-refractivity contribution < 1.29 is 9.30 Å². The maximum Gasteiger partial charge on any atom is 0.300 e. The molecule has 158 valence electrons. The number of ether oxygens (including phenoxy) is 1. The zero-order valence-electron chi connectivity index (χ0n) is 17.3. The van der Waals surface area contributed by atoms with Crippen LogP contribution in [0.15, 0.2) is 73.3 Å². The number of aromatic nitrogens is 5. The summed E-state index contributed by atoms with van der Waals surface area (Å²) in [4.78, 5) is 12.5. The van der Waals surface area contributed by atoms with Gasteiger partial charge >= 0.3 is 5.82 Å². The topological polar surface area (TPSA) is 70.8 Å². The van der Waals surface area contributed by atoms with E-state index < -0.39 is 0 Å². The molecule has 1 aromatic carbocycles. The van der Waals surface area contributed by atoms with Gasteiger partial charge in [-0.05, 0) is 30.3 Å². The summed E-state index contributed by atoms with van der Waals surface area (Å²) in [6.07, 6.45) is 5.67. The van der Waals surface area contributed by atoms with Crippen LogP contribution in [0.25, 0.3) is 37.7 Å². The Morgan fingerprint density at radius 1 is 0.906 bits per heavy atom. The highest BCUT2D eigenvalue weighted by atomic mass is 32.1. The number of nitrogens with one attached hydrogen (secondary N) is 1. The lowest BCUT2D eigenvalue weighted by Crippen LogP contribution is -2.36. The van der Waals surface area contributed by atoms with Crippen molar-refractivity contribution in [3.05, 3.63) is 73.3 Å². The molecule has 1 aliphatic heterocycles. The van der Waals surface area contributed by atoms with E-state index in [-0.39, 0.29) is 0 Å². The summed E-state index contributed by atoms with van der Waals surface area (Å²) < 4.78 is 7.42. The Morgan fingerprint density at radius 3 is 2.59 bits per heavy atom. The van der Waals surface area contributed by atoms with E-state index in [9.17, 15) is 0 Å². The van der Waals surface area contributed by atoms with Gasteiger partial charge in [0.05, 0.1) is 40.2 Å². The molecule has 0 bridgehead atoms. The molecular weight excluding hydrogens is 420 g/mol. The van der Waals surface area contributed by atoms with Gasteiger partial charge < -0.3 is 9.64 Å². The molecule has 0 aliphatic carbocycles. The fraction of sp³-hybridized carbons (Fsp3) is 0.167. The van der Waals surface area contributed by atoms with Crippen LogP contribution in [0.4, 0.5) is 5.82 Å². The average Bonchev–Trinajstić information content (AvgIpc) is 3.57. The maximum atomic E-state index is 5.47. The van der Waals surface area contributed by atoms with E-state index in [4.69, 9.17) is 9.72 Å². The normalized spacial score (nSPS) is 14.2. The van der Waals surface area contributed by atoms with Crippen molar-refractivity contribution in [1.29, 1.82) is 0 Å². The number of hydrogen-bond acceptors (Lipinski definition) is 6. The van der Waals surface area contributed by atoms with Crippen LogP contribution in [0.1, 0.15) is 0 Å². The van der Waals surface area contributed by atoms with Gasteiger partial charge in [-0.1, -0.05) is 29.4 Å². The molecule has 8 heteroatoms. The highest BCUT2D eigenvalue weighted by Crippen LogP contribution is 2.36. The Hall–Kier alpha value is -3.62. The second-order valence-electron chi connectivity index (χ2n) is 7.58. The fourth-order valence-corrected chi connectivity index (χ4v) is 4.99. The first-order chi connectivity index (χ1) is 15.9. The molecule has 0 spiro atoms. The number of morpholine rings is 1. The second-order valence-corrected chi connectivity index (χ2v) is 8.66. The molecule has 0 radical (unpaired) electrons. The van der Waals surface area contributed by atoms with Crippen LogP contribution in [0.3, 0.4) is 0 Å². The number of fused-ring (bicyclic) bond motifs is 1. The maximum absolute atomic E-state index is 5.47. The predicted molar refractivity (Wildman–Crippen MR) is 125 cm³/mol. The van der Waals surface area contributed by atoms with Crippen LogP contribution in [-0.2, 0) is 4.74 Å². The molecule has 1 aliphatic rings. The summed E-state index contributed by atoms with van der Waals surface area (Å²) in [5.74, 6) is 1.81. The number of benzene rings is 1. The van der Waals surface area contributed by atoms with Crippen molar-refractivity contribution in [3.63, 3.8) is 0 Å². The van der Waals surface area contributed by atoms with Crippen molar-refractivity contribution in [3.8, 4) is 27.0 Å². The van der Waals surface area contributed by atoms with Gasteiger partial charge in [0.15, 0.2) is 6.33 Å². The number of pyridine rings is 1. The summed E-state index contributed by atoms with van der Waals surface area (Å²) >= 11 is 1.69. The molecular formula is C24H21N6OS+. The Labute approximate surface area is 189 Å². The lowest BCUT2D eigenvalue weighted by molar-refractivity contribution is -0.596. The third-order valence-corrected chi connectivity index (χ3v) is 6.73. The van der Waals surface area contributed by atoms with Crippen LogP contribution < -0.4 is 9.47 Å². The fourth-order valence-electron chi connectivity index (χ4n) is 4.02. The third kappa shape index (κ3) is 3.43. The first-order valence-electron chi connectivity index (χ1n) is 10.6. The second kappa shape index (κ2) is 8.14. The molecule has 4 aromatic heterocycles. The van der Waals surface area contributed by atoms with Gasteiger partial charge in [-0.2, -0.15) is 0 Å². The van der Waals surface area contributed by atoms with Crippen LogP contribution >= 0.6 is 11.3 Å². The van der Waals surface area contributed by atoms with Gasteiger partial charge in [0.25, 0.3) is 0 Å². The third-order valence-electron chi connectivity index (χ3n) is 5.62. The highest BCUT2D eigenvalue weighted by molar-refractivity contribution is 7.18. The van der Waals surface area contributed by atoms with Gasteiger partial charge in [-0.3, -0.25) is 4.98 Å². The number of rotatable bonds is 4. The first-order valence-corrected chi connectivity index (χ1v) is 11.4. The molecule has 0 saturated carbocycles. The molecule has 5 heterocycles. The quantitative estimate of drug-likeness (QED) is 0.429. The number of thiophene rings is 1. The number of imidazole rings is 1. The van der Waals surface area contributed by atoms with Gasteiger partial charge in [0.1, 0.15) is 17.7 Å². The Balaban J connectivity index is 1.38. The van der Waals surface area contributed by atoms with E-state index in [1.54, 1.807) is 11.3 Å². The smallest absolute Gasteiger partial charge is 0.300 e. The molecule has 5 aromatic rings. The minimum absolute atomic E-state index is 0.748. The monoisotopic (exact) mass is 441 g/mol. The molecule has 0 atom stereocenters. The number of anilines is 1. The van der Waals surface area contributed by atoms with Crippen molar-refractivity contribution in [1.82, 2.24) is 20.2 Å². The van der Waals surface area contributed by atoms with Crippen LogP contribution in [-0.4, -0.2) is 46.5 Å². The largest absolute Gasteiger partial charge is 0.378 e. The average molecular weight is 442 g/mol. The van der Waals surface area contributed by atoms with Gasteiger partial charge in [-0.15, -0.1) is 11.3 Å². The zero-order valence-corrected chi connectivity index (χ0v) is 18.1.